The van der Waals surface area contributed by atoms with Gasteiger partial charge in [-0.2, -0.15) is 0 Å². The van der Waals surface area contributed by atoms with Crippen molar-refractivity contribution < 1.29 is 19.8 Å². The lowest BCUT2D eigenvalue weighted by Gasteiger charge is -2.25. The summed E-state index contributed by atoms with van der Waals surface area (Å²) in [5, 5.41) is 18.2. The first-order chi connectivity index (χ1) is 13.2. The third-order valence-corrected chi connectivity index (χ3v) is 4.38. The molecule has 2 aromatic rings. The highest BCUT2D eigenvalue weighted by atomic mass is 35.5. The maximum atomic E-state index is 12.2. The Balaban J connectivity index is 2.72. The van der Waals surface area contributed by atoms with Gasteiger partial charge in [-0.05, 0) is 22.2 Å². The molecule has 1 amide bonds. The lowest BCUT2D eigenvalue weighted by atomic mass is 9.62. The molecule has 16 radical (unpaired) electrons. The standard InChI is InChI=1S/C14H3B8ClN2O4/c15-3-1(4(16)8(23)7(19)6(3)18)2-5(17)10(26)9(24-11(2)20)12(27)25-14(21,22)13(28)29/h26H,(H,25,27)(H,28,29). The van der Waals surface area contributed by atoms with E-state index in [1.807, 2.05) is 0 Å². The number of hydrogen-bond donors (Lipinski definition) is 3. The maximum Gasteiger partial charge on any atom is 0.310 e. The molecule has 0 atom stereocenters. The molecule has 2 rings (SSSR count). The molecule has 0 spiro atoms. The second kappa shape index (κ2) is 7.98. The van der Waals surface area contributed by atoms with Gasteiger partial charge in [-0.25, -0.2) is 0 Å². The molecule has 1 aromatic carbocycles. The van der Waals surface area contributed by atoms with Gasteiger partial charge in [-0.1, -0.05) is 28.0 Å². The van der Waals surface area contributed by atoms with Gasteiger partial charge < -0.3 is 15.5 Å². The third-order valence-electron chi connectivity index (χ3n) is 3.97. The number of pyridine rings is 1. The van der Waals surface area contributed by atoms with Crippen LogP contribution in [0.3, 0.4) is 0 Å². The van der Waals surface area contributed by atoms with Crippen molar-refractivity contribution >= 4 is 119 Å². The largest absolute Gasteiger partial charge is 0.506 e. The summed E-state index contributed by atoms with van der Waals surface area (Å²) in [6.07, 6.45) is 0. The summed E-state index contributed by atoms with van der Waals surface area (Å²) in [7, 11) is 45.6. The average molecular weight is 385 g/mol. The van der Waals surface area contributed by atoms with Crippen molar-refractivity contribution in [2.24, 2.45) is 0 Å². The van der Waals surface area contributed by atoms with Gasteiger partial charge in [0.05, 0.1) is 5.34 Å². The summed E-state index contributed by atoms with van der Waals surface area (Å²) in [5.41, 5.74) is -2.37. The number of carboxylic acid groups (broad SMARTS) is 1. The van der Waals surface area contributed by atoms with Crippen LogP contribution in [0, 0.1) is 0 Å². The third kappa shape index (κ3) is 4.00. The van der Waals surface area contributed by atoms with Crippen LogP contribution in [0.5, 0.6) is 5.75 Å². The van der Waals surface area contributed by atoms with E-state index < -0.39 is 39.7 Å². The van der Waals surface area contributed by atoms with Gasteiger partial charge >= 0.3 is 5.97 Å². The number of aromatic nitrogens is 1. The summed E-state index contributed by atoms with van der Waals surface area (Å²) >= 11 is 6.04. The van der Waals surface area contributed by atoms with E-state index in [0.717, 1.165) is 0 Å². The van der Waals surface area contributed by atoms with Crippen molar-refractivity contribution in [2.45, 2.75) is 5.34 Å². The SMILES string of the molecule is [B]c1nc(C(=O)NC([B])([B])C(=O)O)c(O)c([B])c1-c1c([B])c([B])c([B])c(Cl)c1[B]. The summed E-state index contributed by atoms with van der Waals surface area (Å²) in [6.45, 7) is 0. The molecule has 3 N–H and O–H groups in total. The van der Waals surface area contributed by atoms with Crippen LogP contribution < -0.4 is 38.2 Å². The first kappa shape index (κ1) is 23.2. The van der Waals surface area contributed by atoms with Crippen molar-refractivity contribution in [1.29, 1.82) is 0 Å². The topological polar surface area (TPSA) is 99.5 Å². The minimum Gasteiger partial charge on any atom is -0.506 e. The van der Waals surface area contributed by atoms with E-state index in [4.69, 9.17) is 79.5 Å². The Bertz CT molecular complexity index is 1030. The molecule has 0 unspecified atom stereocenters. The van der Waals surface area contributed by atoms with E-state index in [9.17, 15) is 14.7 Å². The van der Waals surface area contributed by atoms with Crippen LogP contribution in [0.25, 0.3) is 11.1 Å². The molecule has 0 fully saturated rings. The van der Waals surface area contributed by atoms with Gasteiger partial charge in [-0.15, -0.1) is 5.46 Å². The van der Waals surface area contributed by atoms with E-state index in [1.54, 1.807) is 5.32 Å². The quantitative estimate of drug-likeness (QED) is 0.455. The van der Waals surface area contributed by atoms with Gasteiger partial charge in [0.1, 0.15) is 68.5 Å². The number of aliphatic carboxylic acids is 1. The predicted molar refractivity (Wildman–Crippen MR) is 118 cm³/mol. The van der Waals surface area contributed by atoms with Crippen LogP contribution >= 0.6 is 11.6 Å². The molecule has 1 heterocycles. The highest BCUT2D eigenvalue weighted by Crippen LogP contribution is 2.19. The van der Waals surface area contributed by atoms with E-state index in [0.29, 0.717) is 0 Å². The average Bonchev–Trinajstić information content (AvgIpc) is 2.63. The molecule has 0 aliphatic carbocycles. The number of carbonyl (C=O) groups excluding carboxylic acids is 1. The zero-order chi connectivity index (χ0) is 22.4. The van der Waals surface area contributed by atoms with Crippen LogP contribution in [0.1, 0.15) is 10.5 Å². The number of nitrogens with one attached hydrogen (secondary N) is 1. The number of rotatable bonds is 4. The van der Waals surface area contributed by atoms with Gasteiger partial charge in [0.15, 0.2) is 5.69 Å². The van der Waals surface area contributed by atoms with Crippen LogP contribution in [0.15, 0.2) is 0 Å². The monoisotopic (exact) mass is 386 g/mol. The zero-order valence-electron chi connectivity index (χ0n) is 14.7. The molecule has 1 aromatic heterocycles. The molecule has 0 aliphatic rings. The Morgan fingerprint density at radius 2 is 1.45 bits per heavy atom. The number of benzene rings is 1. The zero-order valence-corrected chi connectivity index (χ0v) is 15.4. The van der Waals surface area contributed by atoms with Crippen LogP contribution in [0.2, 0.25) is 5.02 Å². The fraction of sp³-hybridized carbons (Fsp3) is 0.0714. The second-order valence-corrected chi connectivity index (χ2v) is 6.33. The highest BCUT2D eigenvalue weighted by Gasteiger charge is 2.30. The lowest BCUT2D eigenvalue weighted by molar-refractivity contribution is -0.138. The van der Waals surface area contributed by atoms with E-state index in [2.05, 4.69) is 4.98 Å². The number of amides is 1. The highest BCUT2D eigenvalue weighted by molar-refractivity contribution is 6.66. The molecule has 29 heavy (non-hydrogen) atoms. The fourth-order valence-corrected chi connectivity index (χ4v) is 2.60. The van der Waals surface area contributed by atoms with Gasteiger partial charge in [0.2, 0.25) is 0 Å². The van der Waals surface area contributed by atoms with Crippen LogP contribution in [-0.2, 0) is 4.79 Å². The molecule has 124 valence electrons. The maximum absolute atomic E-state index is 12.2. The molecule has 0 bridgehead atoms. The number of hydrogen-bond acceptors (Lipinski definition) is 4. The molecule has 0 saturated heterocycles. The Morgan fingerprint density at radius 1 is 0.897 bits per heavy atom. The Hall–Kier alpha value is -2.08. The summed E-state index contributed by atoms with van der Waals surface area (Å²) in [5.74, 6) is -3.90. The Labute approximate surface area is 182 Å². The molecular formula is C14H3B8ClN2O4. The van der Waals surface area contributed by atoms with Gasteiger partial charge in [0, 0.05) is 5.02 Å². The smallest absolute Gasteiger partial charge is 0.310 e. The first-order valence-corrected chi connectivity index (χ1v) is 7.93. The fourth-order valence-electron chi connectivity index (χ4n) is 2.40. The minimum absolute atomic E-state index is 0.0657. The van der Waals surface area contributed by atoms with E-state index in [-0.39, 0.29) is 38.0 Å². The van der Waals surface area contributed by atoms with E-state index >= 15 is 0 Å². The number of aromatic hydroxyl groups is 1. The van der Waals surface area contributed by atoms with Crippen LogP contribution in [0.4, 0.5) is 0 Å². The van der Waals surface area contributed by atoms with Gasteiger partial charge in [-0.3, -0.25) is 14.6 Å². The van der Waals surface area contributed by atoms with E-state index in [1.165, 1.54) is 0 Å². The van der Waals surface area contributed by atoms with Crippen LogP contribution in [-0.4, -0.2) is 95.2 Å². The molecule has 6 nitrogen and oxygen atoms in total. The number of halogens is 1. The number of nitrogens with zero attached hydrogens (tertiary/aromatic N) is 1. The number of carboxylic acids is 1. The summed E-state index contributed by atoms with van der Waals surface area (Å²) in [4.78, 5) is 26.9. The molecule has 15 heteroatoms. The van der Waals surface area contributed by atoms with Crippen molar-refractivity contribution in [1.82, 2.24) is 10.3 Å². The Kier molecular flexibility index (Phi) is 6.38. The Morgan fingerprint density at radius 3 is 1.97 bits per heavy atom. The predicted octanol–water partition coefficient (Wildman–Crippen LogP) is -6.32. The first-order valence-electron chi connectivity index (χ1n) is 7.55. The number of carbonyl (C=O) groups is 2. The lowest BCUT2D eigenvalue weighted by Crippen LogP contribution is -2.56. The minimum atomic E-state index is -2.65. The second-order valence-electron chi connectivity index (χ2n) is 5.95. The molecule has 0 saturated carbocycles. The van der Waals surface area contributed by atoms with Crippen molar-refractivity contribution in [3.8, 4) is 16.9 Å². The van der Waals surface area contributed by atoms with Crippen molar-refractivity contribution in [2.75, 3.05) is 0 Å². The summed E-state index contributed by atoms with van der Waals surface area (Å²) < 4.78 is 0. The molecule has 0 aliphatic heterocycles. The van der Waals surface area contributed by atoms with Gasteiger partial charge in [0.25, 0.3) is 5.91 Å². The van der Waals surface area contributed by atoms with Crippen molar-refractivity contribution in [3.63, 3.8) is 0 Å². The van der Waals surface area contributed by atoms with Crippen molar-refractivity contribution in [3.05, 3.63) is 10.7 Å². The normalized spacial score (nSPS) is 11.2. The molecular weight excluding hydrogens is 382 g/mol. The summed E-state index contributed by atoms with van der Waals surface area (Å²) in [6, 6.07) is 0.